The highest BCUT2D eigenvalue weighted by Crippen LogP contribution is 2.42. The van der Waals surface area contributed by atoms with E-state index in [0.29, 0.717) is 17.9 Å². The molecule has 0 bridgehead atoms. The maximum Gasteiger partial charge on any atom is 0.411 e. The third-order valence-electron chi connectivity index (χ3n) is 5.36. The van der Waals surface area contributed by atoms with Crippen molar-refractivity contribution in [2.45, 2.75) is 38.8 Å². The van der Waals surface area contributed by atoms with Crippen LogP contribution in [0.2, 0.25) is 0 Å². The average molecular weight is 397 g/mol. The van der Waals surface area contributed by atoms with E-state index in [1.807, 2.05) is 13.0 Å². The zero-order valence-corrected chi connectivity index (χ0v) is 16.1. The van der Waals surface area contributed by atoms with E-state index in [9.17, 15) is 19.5 Å². The number of rotatable bonds is 5. The van der Waals surface area contributed by atoms with Gasteiger partial charge in [0.1, 0.15) is 0 Å². The third kappa shape index (κ3) is 3.67. The largest absolute Gasteiger partial charge is 0.465 e. The maximum absolute atomic E-state index is 12.8. The molecule has 1 aliphatic heterocycles. The Balaban J connectivity index is 1.69. The Bertz CT molecular complexity index is 981. The predicted octanol–water partition coefficient (Wildman–Crippen LogP) is 2.05. The molecule has 1 saturated carbocycles. The van der Waals surface area contributed by atoms with Crippen LogP contribution >= 0.6 is 0 Å². The van der Waals surface area contributed by atoms with Crippen molar-refractivity contribution in [2.75, 3.05) is 16.3 Å². The van der Waals surface area contributed by atoms with E-state index < -0.39 is 12.0 Å². The number of carbonyl (C=O) groups is 3. The Kier molecular flexibility index (Phi) is 4.73. The molecule has 1 aromatic heterocycles. The molecule has 1 aliphatic carbocycles. The lowest BCUT2D eigenvalue weighted by Gasteiger charge is -2.40. The molecule has 1 aromatic carbocycles. The fourth-order valence-electron chi connectivity index (χ4n) is 3.71. The smallest absolute Gasteiger partial charge is 0.411 e. The summed E-state index contributed by atoms with van der Waals surface area (Å²) in [6.07, 6.45) is 4.37. The van der Waals surface area contributed by atoms with Crippen molar-refractivity contribution < 1.29 is 19.5 Å². The minimum Gasteiger partial charge on any atom is -0.465 e. The molecule has 3 N–H and O–H groups in total. The summed E-state index contributed by atoms with van der Waals surface area (Å²) in [4.78, 5) is 38.6. The van der Waals surface area contributed by atoms with Gasteiger partial charge in [0.25, 0.3) is 0 Å². The SMILES string of the molecule is C[C@H]1CN(C(=O)O)c2cc(-c3cnn(CCC(N)=O)c3)ccc2N1C(=O)C1CC1. The molecule has 1 fully saturated rings. The summed E-state index contributed by atoms with van der Waals surface area (Å²) < 4.78 is 1.62. The van der Waals surface area contributed by atoms with Gasteiger partial charge in [-0.3, -0.25) is 19.2 Å². The molecule has 2 aliphatic rings. The fourth-order valence-corrected chi connectivity index (χ4v) is 3.71. The molecule has 3 amide bonds. The Labute approximate surface area is 167 Å². The van der Waals surface area contributed by atoms with Gasteiger partial charge in [-0.25, -0.2) is 4.79 Å². The highest BCUT2D eigenvalue weighted by Gasteiger charge is 2.41. The first-order chi connectivity index (χ1) is 13.8. The molecule has 2 aromatic rings. The van der Waals surface area contributed by atoms with Gasteiger partial charge in [0.05, 0.1) is 23.6 Å². The van der Waals surface area contributed by atoms with Gasteiger partial charge in [-0.05, 0) is 37.5 Å². The number of benzene rings is 1. The number of nitrogens with two attached hydrogens (primary N) is 1. The van der Waals surface area contributed by atoms with Crippen LogP contribution < -0.4 is 15.5 Å². The van der Waals surface area contributed by atoms with Crippen molar-refractivity contribution >= 4 is 29.3 Å². The summed E-state index contributed by atoms with van der Waals surface area (Å²) >= 11 is 0. The lowest BCUT2D eigenvalue weighted by molar-refractivity contribution is -0.120. The van der Waals surface area contributed by atoms with Crippen LogP contribution in [0.1, 0.15) is 26.2 Å². The van der Waals surface area contributed by atoms with E-state index in [2.05, 4.69) is 5.10 Å². The molecule has 4 rings (SSSR count). The van der Waals surface area contributed by atoms with E-state index >= 15 is 0 Å². The molecule has 0 saturated heterocycles. The van der Waals surface area contributed by atoms with Crippen molar-refractivity contribution in [3.8, 4) is 11.1 Å². The second kappa shape index (κ2) is 7.23. The number of hydrogen-bond donors (Lipinski definition) is 2. The van der Waals surface area contributed by atoms with Gasteiger partial charge in [0, 0.05) is 37.2 Å². The van der Waals surface area contributed by atoms with Gasteiger partial charge >= 0.3 is 6.09 Å². The molecular weight excluding hydrogens is 374 g/mol. The second-order valence-electron chi connectivity index (χ2n) is 7.64. The lowest BCUT2D eigenvalue weighted by atomic mass is 10.0. The number of aromatic nitrogens is 2. The molecular formula is C20H23N5O4. The van der Waals surface area contributed by atoms with Crippen LogP contribution in [0.4, 0.5) is 16.2 Å². The van der Waals surface area contributed by atoms with Gasteiger partial charge in [-0.15, -0.1) is 0 Å². The van der Waals surface area contributed by atoms with Crippen molar-refractivity contribution in [2.24, 2.45) is 11.7 Å². The zero-order chi connectivity index (χ0) is 20.7. The lowest BCUT2D eigenvalue weighted by Crippen LogP contribution is -2.52. The minimum absolute atomic E-state index is 0.0462. The summed E-state index contributed by atoms with van der Waals surface area (Å²) in [6.45, 7) is 2.47. The van der Waals surface area contributed by atoms with Crippen LogP contribution in [0.25, 0.3) is 11.1 Å². The van der Waals surface area contributed by atoms with E-state index in [-0.39, 0.29) is 30.8 Å². The first-order valence-electron chi connectivity index (χ1n) is 9.64. The fraction of sp³-hybridized carbons (Fsp3) is 0.400. The highest BCUT2D eigenvalue weighted by molar-refractivity contribution is 6.04. The predicted molar refractivity (Wildman–Crippen MR) is 107 cm³/mol. The van der Waals surface area contributed by atoms with Crippen LogP contribution in [0, 0.1) is 5.92 Å². The van der Waals surface area contributed by atoms with Crippen LogP contribution in [0.5, 0.6) is 0 Å². The Morgan fingerprint density at radius 1 is 1.21 bits per heavy atom. The topological polar surface area (TPSA) is 122 Å². The number of amides is 3. The number of fused-ring (bicyclic) bond motifs is 1. The van der Waals surface area contributed by atoms with E-state index in [4.69, 9.17) is 5.73 Å². The van der Waals surface area contributed by atoms with Gasteiger partial charge in [-0.2, -0.15) is 5.10 Å². The standard InChI is InChI=1S/C20H23N5O4/c1-12-10-24(20(28)29)17-8-14(15-9-22-23(11-15)7-6-18(21)26)4-5-16(17)25(12)19(27)13-2-3-13/h4-5,8-9,11-13H,2-3,6-7,10H2,1H3,(H2,21,26)(H,28,29)/t12-/m0/s1. The monoisotopic (exact) mass is 397 g/mol. The van der Waals surface area contributed by atoms with Crippen LogP contribution in [-0.4, -0.2) is 45.4 Å². The second-order valence-corrected chi connectivity index (χ2v) is 7.64. The molecule has 9 nitrogen and oxygen atoms in total. The van der Waals surface area contributed by atoms with Crippen molar-refractivity contribution in [1.82, 2.24) is 9.78 Å². The number of carboxylic acid groups (broad SMARTS) is 1. The number of nitrogens with zero attached hydrogens (tertiary/aromatic N) is 4. The van der Waals surface area contributed by atoms with Gasteiger partial charge in [0.2, 0.25) is 11.8 Å². The minimum atomic E-state index is -1.05. The Morgan fingerprint density at radius 2 is 1.97 bits per heavy atom. The van der Waals surface area contributed by atoms with E-state index in [1.54, 1.807) is 34.1 Å². The molecule has 9 heteroatoms. The molecule has 29 heavy (non-hydrogen) atoms. The number of primary amides is 1. The van der Waals surface area contributed by atoms with E-state index in [0.717, 1.165) is 24.0 Å². The van der Waals surface area contributed by atoms with Gasteiger partial charge in [-0.1, -0.05) is 6.07 Å². The first-order valence-corrected chi connectivity index (χ1v) is 9.64. The van der Waals surface area contributed by atoms with Crippen molar-refractivity contribution in [1.29, 1.82) is 0 Å². The van der Waals surface area contributed by atoms with Crippen LogP contribution in [-0.2, 0) is 16.1 Å². The Hall–Kier alpha value is -3.36. The summed E-state index contributed by atoms with van der Waals surface area (Å²) in [5, 5.41) is 13.9. The number of aryl methyl sites for hydroxylation is 1. The highest BCUT2D eigenvalue weighted by atomic mass is 16.4. The maximum atomic E-state index is 12.8. The van der Waals surface area contributed by atoms with Crippen molar-refractivity contribution in [3.05, 3.63) is 30.6 Å². The zero-order valence-electron chi connectivity index (χ0n) is 16.1. The molecule has 0 spiro atoms. The normalized spacial score (nSPS) is 18.4. The van der Waals surface area contributed by atoms with E-state index in [1.165, 1.54) is 4.90 Å². The van der Waals surface area contributed by atoms with Gasteiger partial charge < -0.3 is 15.7 Å². The molecule has 152 valence electrons. The quantitative estimate of drug-likeness (QED) is 0.800. The summed E-state index contributed by atoms with van der Waals surface area (Å²) in [7, 11) is 0. The third-order valence-corrected chi connectivity index (χ3v) is 5.36. The van der Waals surface area contributed by atoms with Gasteiger partial charge in [0.15, 0.2) is 0 Å². The summed E-state index contributed by atoms with van der Waals surface area (Å²) in [5.41, 5.74) is 7.87. The number of hydrogen-bond acceptors (Lipinski definition) is 4. The number of anilines is 2. The first kappa shape index (κ1) is 19.0. The molecule has 2 heterocycles. The molecule has 0 radical (unpaired) electrons. The van der Waals surface area contributed by atoms with Crippen LogP contribution in [0.15, 0.2) is 30.6 Å². The average Bonchev–Trinajstić information content (AvgIpc) is 3.42. The summed E-state index contributed by atoms with van der Waals surface area (Å²) in [6, 6.07) is 5.21. The Morgan fingerprint density at radius 3 is 2.62 bits per heavy atom. The number of carbonyl (C=O) groups excluding carboxylic acids is 2. The molecule has 1 atom stereocenters. The summed E-state index contributed by atoms with van der Waals surface area (Å²) in [5.74, 6) is -0.289. The van der Waals surface area contributed by atoms with Crippen molar-refractivity contribution in [3.63, 3.8) is 0 Å². The van der Waals surface area contributed by atoms with Crippen LogP contribution in [0.3, 0.4) is 0 Å². The molecule has 0 unspecified atom stereocenters.